The maximum Gasteiger partial charge on any atom is 0.322 e. The van der Waals surface area contributed by atoms with E-state index in [1.807, 2.05) is 6.92 Å². The summed E-state index contributed by atoms with van der Waals surface area (Å²) >= 11 is 0. The smallest absolute Gasteiger partial charge is 0.322 e. The second-order valence-corrected chi connectivity index (χ2v) is 5.65. The highest BCUT2D eigenvalue weighted by Crippen LogP contribution is 2.10. The molecule has 1 N–H and O–H groups in total. The molecule has 1 saturated heterocycles. The van der Waals surface area contributed by atoms with Gasteiger partial charge < -0.3 is 10.1 Å². The molecule has 0 aromatic rings. The van der Waals surface area contributed by atoms with E-state index in [0.717, 1.165) is 0 Å². The van der Waals surface area contributed by atoms with Gasteiger partial charge in [0.05, 0.1) is 6.61 Å². The fourth-order valence-electron chi connectivity index (χ4n) is 1.67. The molecule has 0 spiro atoms. The van der Waals surface area contributed by atoms with E-state index >= 15 is 0 Å². The van der Waals surface area contributed by atoms with Crippen LogP contribution in [-0.4, -0.2) is 56.7 Å². The Kier molecular flexibility index (Phi) is 4.69. The number of esters is 1. The molecular weight excluding hydrogens is 232 g/mol. The van der Waals surface area contributed by atoms with Gasteiger partial charge in [-0.2, -0.15) is 4.31 Å². The van der Waals surface area contributed by atoms with Crippen LogP contribution in [0.15, 0.2) is 0 Å². The molecule has 1 heterocycles. The van der Waals surface area contributed by atoms with Crippen LogP contribution < -0.4 is 5.32 Å². The number of piperazine rings is 1. The number of sulfonamides is 1. The number of ether oxygens (including phenoxy) is 1. The summed E-state index contributed by atoms with van der Waals surface area (Å²) in [6.45, 7) is 5.30. The number of hydrogen-bond acceptors (Lipinski definition) is 5. The van der Waals surface area contributed by atoms with Gasteiger partial charge >= 0.3 is 5.97 Å². The molecule has 1 aliphatic heterocycles. The summed E-state index contributed by atoms with van der Waals surface area (Å²) in [6, 6.07) is -0.117. The van der Waals surface area contributed by atoms with Crippen molar-refractivity contribution in [2.75, 3.05) is 32.0 Å². The Morgan fingerprint density at radius 1 is 1.56 bits per heavy atom. The van der Waals surface area contributed by atoms with Crippen molar-refractivity contribution < 1.29 is 17.9 Å². The number of carbonyl (C=O) groups excluding carboxylic acids is 1. The summed E-state index contributed by atoms with van der Waals surface area (Å²) in [7, 11) is -3.54. The Bertz CT molecular complexity index is 341. The van der Waals surface area contributed by atoms with Gasteiger partial charge in [-0.25, -0.2) is 8.42 Å². The molecular formula is C9H18N2O4S. The monoisotopic (exact) mass is 250 g/mol. The lowest BCUT2D eigenvalue weighted by molar-refractivity contribution is -0.140. The van der Waals surface area contributed by atoms with Crippen molar-refractivity contribution in [2.45, 2.75) is 19.9 Å². The zero-order valence-electron chi connectivity index (χ0n) is 9.60. The predicted octanol–water partition coefficient (Wildman–Crippen LogP) is -0.827. The van der Waals surface area contributed by atoms with Crippen molar-refractivity contribution in [1.82, 2.24) is 9.62 Å². The average Bonchev–Trinajstić information content (AvgIpc) is 2.17. The summed E-state index contributed by atoms with van der Waals surface area (Å²) in [5, 5.41) is 3.09. The van der Waals surface area contributed by atoms with Crippen molar-refractivity contribution in [2.24, 2.45) is 0 Å². The lowest BCUT2D eigenvalue weighted by atomic mass is 10.3. The molecule has 0 aromatic heterocycles. The third kappa shape index (κ3) is 3.43. The number of nitrogens with one attached hydrogen (secondary N) is 1. The normalized spacial score (nSPS) is 23.0. The molecule has 94 valence electrons. The highest BCUT2D eigenvalue weighted by molar-refractivity contribution is 7.89. The SMILES string of the molecule is CCOC(=O)CS(=O)(=O)N1CCNCC1C. The molecule has 16 heavy (non-hydrogen) atoms. The van der Waals surface area contributed by atoms with Crippen molar-refractivity contribution in [3.8, 4) is 0 Å². The average molecular weight is 250 g/mol. The topological polar surface area (TPSA) is 75.7 Å². The van der Waals surface area contributed by atoms with E-state index in [0.29, 0.717) is 19.6 Å². The minimum Gasteiger partial charge on any atom is -0.465 e. The van der Waals surface area contributed by atoms with E-state index in [1.54, 1.807) is 6.92 Å². The van der Waals surface area contributed by atoms with Gasteiger partial charge in [-0.1, -0.05) is 0 Å². The van der Waals surface area contributed by atoms with Crippen molar-refractivity contribution in [3.05, 3.63) is 0 Å². The van der Waals surface area contributed by atoms with E-state index in [2.05, 4.69) is 10.1 Å². The van der Waals surface area contributed by atoms with E-state index < -0.39 is 21.7 Å². The molecule has 0 amide bonds. The third-order valence-corrected chi connectivity index (χ3v) is 4.26. The molecule has 1 aliphatic rings. The van der Waals surface area contributed by atoms with Gasteiger partial charge in [0, 0.05) is 25.7 Å². The standard InChI is InChI=1S/C9H18N2O4S/c1-3-15-9(12)7-16(13,14)11-5-4-10-6-8(11)2/h8,10H,3-7H2,1-2H3. The van der Waals surface area contributed by atoms with E-state index in [-0.39, 0.29) is 12.6 Å². The molecule has 7 heteroatoms. The van der Waals surface area contributed by atoms with Gasteiger partial charge in [-0.3, -0.25) is 4.79 Å². The second kappa shape index (κ2) is 5.60. The first kappa shape index (κ1) is 13.4. The summed E-state index contributed by atoms with van der Waals surface area (Å²) in [6.07, 6.45) is 0. The van der Waals surface area contributed by atoms with Crippen molar-refractivity contribution >= 4 is 16.0 Å². The van der Waals surface area contributed by atoms with Crippen molar-refractivity contribution in [1.29, 1.82) is 0 Å². The van der Waals surface area contributed by atoms with Gasteiger partial charge in [0.2, 0.25) is 10.0 Å². The highest BCUT2D eigenvalue weighted by Gasteiger charge is 2.31. The van der Waals surface area contributed by atoms with Crippen LogP contribution in [-0.2, 0) is 19.6 Å². The van der Waals surface area contributed by atoms with Crippen LogP contribution in [0.2, 0.25) is 0 Å². The largest absolute Gasteiger partial charge is 0.465 e. The van der Waals surface area contributed by atoms with Crippen LogP contribution in [0.25, 0.3) is 0 Å². The van der Waals surface area contributed by atoms with Crippen LogP contribution in [0.4, 0.5) is 0 Å². The molecule has 1 atom stereocenters. The second-order valence-electron chi connectivity index (χ2n) is 3.73. The molecule has 1 unspecified atom stereocenters. The first-order chi connectivity index (χ1) is 7.47. The quantitative estimate of drug-likeness (QED) is 0.659. The molecule has 0 bridgehead atoms. The zero-order chi connectivity index (χ0) is 12.2. The zero-order valence-corrected chi connectivity index (χ0v) is 10.4. The van der Waals surface area contributed by atoms with Gasteiger partial charge in [-0.15, -0.1) is 0 Å². The number of nitrogens with zero attached hydrogens (tertiary/aromatic N) is 1. The molecule has 0 aromatic carbocycles. The molecule has 6 nitrogen and oxygen atoms in total. The predicted molar refractivity (Wildman–Crippen MR) is 59.5 cm³/mol. The maximum absolute atomic E-state index is 11.9. The Morgan fingerprint density at radius 2 is 2.25 bits per heavy atom. The number of carbonyl (C=O) groups is 1. The Labute approximate surface area is 96.0 Å². The van der Waals surface area contributed by atoms with Crippen LogP contribution in [0, 0.1) is 0 Å². The Hall–Kier alpha value is -0.660. The molecule has 1 rings (SSSR count). The first-order valence-electron chi connectivity index (χ1n) is 5.33. The lowest BCUT2D eigenvalue weighted by Gasteiger charge is -2.32. The maximum atomic E-state index is 11.9. The van der Waals surface area contributed by atoms with Crippen LogP contribution in [0.3, 0.4) is 0 Å². The summed E-state index contributed by atoms with van der Waals surface area (Å²) in [5.41, 5.74) is 0. The Morgan fingerprint density at radius 3 is 2.81 bits per heavy atom. The molecule has 0 aliphatic carbocycles. The van der Waals surface area contributed by atoms with Gasteiger partial charge in [-0.05, 0) is 13.8 Å². The fourth-order valence-corrected chi connectivity index (χ4v) is 3.21. The summed E-state index contributed by atoms with van der Waals surface area (Å²) in [5.74, 6) is -1.25. The third-order valence-electron chi connectivity index (χ3n) is 2.40. The van der Waals surface area contributed by atoms with Gasteiger partial charge in [0.1, 0.15) is 0 Å². The van der Waals surface area contributed by atoms with Crippen LogP contribution >= 0.6 is 0 Å². The number of hydrogen-bond donors (Lipinski definition) is 1. The summed E-state index contributed by atoms with van der Waals surface area (Å²) < 4.78 is 29.8. The van der Waals surface area contributed by atoms with E-state index in [9.17, 15) is 13.2 Å². The highest BCUT2D eigenvalue weighted by atomic mass is 32.2. The van der Waals surface area contributed by atoms with Gasteiger partial charge in [0.15, 0.2) is 5.75 Å². The molecule has 1 fully saturated rings. The lowest BCUT2D eigenvalue weighted by Crippen LogP contribution is -2.53. The van der Waals surface area contributed by atoms with Gasteiger partial charge in [0.25, 0.3) is 0 Å². The molecule has 0 saturated carbocycles. The first-order valence-corrected chi connectivity index (χ1v) is 6.94. The fraction of sp³-hybridized carbons (Fsp3) is 0.889. The Balaban J connectivity index is 2.65. The van der Waals surface area contributed by atoms with E-state index in [1.165, 1.54) is 4.31 Å². The number of rotatable bonds is 4. The minimum absolute atomic E-state index is 0.117. The van der Waals surface area contributed by atoms with Crippen molar-refractivity contribution in [3.63, 3.8) is 0 Å². The minimum atomic E-state index is -3.54. The van der Waals surface area contributed by atoms with Crippen LogP contribution in [0.5, 0.6) is 0 Å². The molecule has 0 radical (unpaired) electrons. The van der Waals surface area contributed by atoms with Crippen LogP contribution in [0.1, 0.15) is 13.8 Å². The summed E-state index contributed by atoms with van der Waals surface area (Å²) in [4.78, 5) is 11.2. The van der Waals surface area contributed by atoms with E-state index in [4.69, 9.17) is 0 Å².